The summed E-state index contributed by atoms with van der Waals surface area (Å²) in [6, 6.07) is 8.23. The van der Waals surface area contributed by atoms with E-state index in [4.69, 9.17) is 10.5 Å². The predicted octanol–water partition coefficient (Wildman–Crippen LogP) is 0.324. The van der Waals surface area contributed by atoms with Crippen LogP contribution in [-0.2, 0) is 4.79 Å². The zero-order valence-electron chi connectivity index (χ0n) is 9.61. The van der Waals surface area contributed by atoms with Crippen LogP contribution in [0, 0.1) is 0 Å². The van der Waals surface area contributed by atoms with Gasteiger partial charge in [-0.15, -0.1) is 0 Å². The van der Waals surface area contributed by atoms with Crippen molar-refractivity contribution in [1.29, 1.82) is 0 Å². The van der Waals surface area contributed by atoms with E-state index >= 15 is 0 Å². The van der Waals surface area contributed by atoms with Crippen molar-refractivity contribution in [3.05, 3.63) is 24.3 Å². The van der Waals surface area contributed by atoms with E-state index in [0.29, 0.717) is 12.6 Å². The summed E-state index contributed by atoms with van der Waals surface area (Å²) < 4.78 is 5.38. The van der Waals surface area contributed by atoms with Crippen molar-refractivity contribution in [3.8, 4) is 5.75 Å². The molecule has 0 aromatic heterocycles. The second-order valence-electron chi connectivity index (χ2n) is 4.09. The van der Waals surface area contributed by atoms with Crippen molar-refractivity contribution in [1.82, 2.24) is 5.32 Å². The number of nitrogens with one attached hydrogen (secondary N) is 2. The molecule has 0 unspecified atom stereocenters. The van der Waals surface area contributed by atoms with Crippen molar-refractivity contribution in [2.75, 3.05) is 25.0 Å². The summed E-state index contributed by atoms with van der Waals surface area (Å²) in [5, 5.41) is 6.59. The van der Waals surface area contributed by atoms with E-state index < -0.39 is 0 Å². The molecule has 0 spiro atoms. The van der Waals surface area contributed by atoms with Crippen molar-refractivity contribution < 1.29 is 9.53 Å². The quantitative estimate of drug-likeness (QED) is 0.664. The minimum absolute atomic E-state index is 0.244. The van der Waals surface area contributed by atoms with Crippen LogP contribution in [0.4, 0.5) is 5.69 Å². The Morgan fingerprint density at radius 2 is 2.12 bits per heavy atom. The number of rotatable bonds is 6. The lowest BCUT2D eigenvalue weighted by molar-refractivity contribution is -0.118. The fourth-order valence-electron chi connectivity index (χ4n) is 1.54. The van der Waals surface area contributed by atoms with Gasteiger partial charge >= 0.3 is 0 Å². The number of benzene rings is 1. The van der Waals surface area contributed by atoms with Crippen LogP contribution < -0.4 is 21.1 Å². The summed E-state index contributed by atoms with van der Waals surface area (Å²) >= 11 is 0. The van der Waals surface area contributed by atoms with Crippen LogP contribution in [0.5, 0.6) is 5.75 Å². The molecule has 1 aromatic carbocycles. The van der Waals surface area contributed by atoms with E-state index in [2.05, 4.69) is 10.6 Å². The third-order valence-corrected chi connectivity index (χ3v) is 2.62. The summed E-state index contributed by atoms with van der Waals surface area (Å²) in [6.07, 6.45) is 0.244. The van der Waals surface area contributed by atoms with E-state index in [9.17, 15) is 4.79 Å². The summed E-state index contributed by atoms with van der Waals surface area (Å²) in [5.41, 5.74) is 6.10. The number of amides is 1. The molecule has 0 aliphatic carbocycles. The lowest BCUT2D eigenvalue weighted by Crippen LogP contribution is -2.51. The molecule has 0 radical (unpaired) electrons. The van der Waals surface area contributed by atoms with Crippen molar-refractivity contribution >= 4 is 11.6 Å². The molecule has 17 heavy (non-hydrogen) atoms. The number of primary amides is 1. The van der Waals surface area contributed by atoms with Crippen molar-refractivity contribution in [3.63, 3.8) is 0 Å². The third kappa shape index (κ3) is 3.64. The Bertz CT molecular complexity index is 374. The van der Waals surface area contributed by atoms with E-state index in [1.54, 1.807) is 0 Å². The molecular weight excluding hydrogens is 218 g/mol. The minimum atomic E-state index is -0.347. The number of carbonyl (C=O) groups excluding carboxylic acids is 1. The SMILES string of the molecule is NC(=O)CCOc1ccc(NC2CNC2)cc1. The highest BCUT2D eigenvalue weighted by Crippen LogP contribution is 2.17. The Morgan fingerprint density at radius 3 is 2.65 bits per heavy atom. The van der Waals surface area contributed by atoms with Crippen LogP contribution in [-0.4, -0.2) is 31.6 Å². The summed E-state index contributed by atoms with van der Waals surface area (Å²) in [7, 11) is 0. The van der Waals surface area contributed by atoms with Gasteiger partial charge in [-0.1, -0.05) is 0 Å². The van der Waals surface area contributed by atoms with Gasteiger partial charge in [-0.2, -0.15) is 0 Å². The second kappa shape index (κ2) is 5.54. The normalized spacial score (nSPS) is 15.1. The lowest BCUT2D eigenvalue weighted by Gasteiger charge is -2.29. The second-order valence-corrected chi connectivity index (χ2v) is 4.09. The smallest absolute Gasteiger partial charge is 0.220 e. The van der Waals surface area contributed by atoms with Crippen LogP contribution in [0.1, 0.15) is 6.42 Å². The monoisotopic (exact) mass is 235 g/mol. The highest BCUT2D eigenvalue weighted by Gasteiger charge is 2.15. The van der Waals surface area contributed by atoms with E-state index in [-0.39, 0.29) is 12.3 Å². The van der Waals surface area contributed by atoms with Gasteiger partial charge in [0.2, 0.25) is 5.91 Å². The summed E-state index contributed by atoms with van der Waals surface area (Å²) in [4.78, 5) is 10.5. The average Bonchev–Trinajstić information content (AvgIpc) is 2.25. The molecule has 1 amide bonds. The number of nitrogens with two attached hydrogens (primary N) is 1. The van der Waals surface area contributed by atoms with Crippen molar-refractivity contribution in [2.24, 2.45) is 5.73 Å². The molecule has 0 saturated carbocycles. The maximum absolute atomic E-state index is 10.5. The predicted molar refractivity (Wildman–Crippen MR) is 66.0 cm³/mol. The van der Waals surface area contributed by atoms with Gasteiger partial charge in [-0.3, -0.25) is 4.79 Å². The van der Waals surface area contributed by atoms with Gasteiger partial charge in [-0.25, -0.2) is 0 Å². The molecule has 92 valence electrons. The topological polar surface area (TPSA) is 76.4 Å². The number of hydrogen-bond donors (Lipinski definition) is 3. The van der Waals surface area contributed by atoms with E-state index in [0.717, 1.165) is 24.5 Å². The molecule has 5 nitrogen and oxygen atoms in total. The molecule has 0 bridgehead atoms. The summed E-state index contributed by atoms with van der Waals surface area (Å²) in [5.74, 6) is 0.407. The molecule has 0 atom stereocenters. The van der Waals surface area contributed by atoms with Gasteiger partial charge in [-0.05, 0) is 24.3 Å². The molecule has 1 aromatic rings. The molecule has 1 heterocycles. The lowest BCUT2D eigenvalue weighted by atomic mass is 10.1. The van der Waals surface area contributed by atoms with Crippen LogP contribution in [0.25, 0.3) is 0 Å². The highest BCUT2D eigenvalue weighted by atomic mass is 16.5. The van der Waals surface area contributed by atoms with Gasteiger partial charge in [0.25, 0.3) is 0 Å². The van der Waals surface area contributed by atoms with Gasteiger partial charge < -0.3 is 21.1 Å². The standard InChI is InChI=1S/C12H17N3O2/c13-12(16)5-6-17-11-3-1-9(2-4-11)15-10-7-14-8-10/h1-4,10,14-15H,5-8H2,(H2,13,16). The van der Waals surface area contributed by atoms with Crippen molar-refractivity contribution in [2.45, 2.75) is 12.5 Å². The minimum Gasteiger partial charge on any atom is -0.493 e. The van der Waals surface area contributed by atoms with Gasteiger partial charge in [0.1, 0.15) is 5.75 Å². The first-order valence-corrected chi connectivity index (χ1v) is 5.72. The van der Waals surface area contributed by atoms with Gasteiger partial charge in [0.15, 0.2) is 0 Å². The highest BCUT2D eigenvalue weighted by molar-refractivity contribution is 5.73. The molecule has 2 rings (SSSR count). The largest absolute Gasteiger partial charge is 0.493 e. The Balaban J connectivity index is 1.78. The van der Waals surface area contributed by atoms with Gasteiger partial charge in [0, 0.05) is 18.8 Å². The third-order valence-electron chi connectivity index (χ3n) is 2.62. The molecule has 1 aliphatic heterocycles. The van der Waals surface area contributed by atoms with Crippen LogP contribution in [0.2, 0.25) is 0 Å². The Kier molecular flexibility index (Phi) is 3.82. The first kappa shape index (κ1) is 11.7. The first-order valence-electron chi connectivity index (χ1n) is 5.72. The van der Waals surface area contributed by atoms with Crippen LogP contribution >= 0.6 is 0 Å². The molecular formula is C12H17N3O2. The first-order chi connectivity index (χ1) is 8.24. The molecule has 1 aliphatic rings. The van der Waals surface area contributed by atoms with E-state index in [1.807, 2.05) is 24.3 Å². The summed E-state index contributed by atoms with van der Waals surface area (Å²) in [6.45, 7) is 2.35. The number of ether oxygens (including phenoxy) is 1. The van der Waals surface area contributed by atoms with Gasteiger partial charge in [0.05, 0.1) is 19.1 Å². The Morgan fingerprint density at radius 1 is 1.41 bits per heavy atom. The Hall–Kier alpha value is -1.75. The fraction of sp³-hybridized carbons (Fsp3) is 0.417. The zero-order valence-corrected chi connectivity index (χ0v) is 9.61. The number of carbonyl (C=O) groups is 1. The van der Waals surface area contributed by atoms with Crippen LogP contribution in [0.15, 0.2) is 24.3 Å². The average molecular weight is 235 g/mol. The number of hydrogen-bond acceptors (Lipinski definition) is 4. The van der Waals surface area contributed by atoms with Crippen LogP contribution in [0.3, 0.4) is 0 Å². The molecule has 1 fully saturated rings. The number of anilines is 1. The maximum Gasteiger partial charge on any atom is 0.220 e. The molecule has 5 heteroatoms. The Labute approximate surface area is 100 Å². The maximum atomic E-state index is 10.5. The van der Waals surface area contributed by atoms with E-state index in [1.165, 1.54) is 0 Å². The molecule has 1 saturated heterocycles. The zero-order chi connectivity index (χ0) is 12.1. The fourth-order valence-corrected chi connectivity index (χ4v) is 1.54. The molecule has 4 N–H and O–H groups in total.